The van der Waals surface area contributed by atoms with Crippen molar-refractivity contribution < 1.29 is 19.4 Å². The Kier molecular flexibility index (Phi) is 9.74. The van der Waals surface area contributed by atoms with Gasteiger partial charge in [0.1, 0.15) is 11.3 Å². The third kappa shape index (κ3) is 6.71. The van der Waals surface area contributed by atoms with Crippen molar-refractivity contribution in [3.8, 4) is 5.75 Å². The maximum Gasteiger partial charge on any atom is 0.329 e. The molecule has 2 aromatic carbocycles. The minimum absolute atomic E-state index is 0.0656. The van der Waals surface area contributed by atoms with Gasteiger partial charge in [0.25, 0.3) is 0 Å². The summed E-state index contributed by atoms with van der Waals surface area (Å²) in [5.74, 6) is 1.47. The zero-order valence-corrected chi connectivity index (χ0v) is 29.2. The maximum absolute atomic E-state index is 13.0. The smallest absolute Gasteiger partial charge is 0.329 e. The lowest BCUT2D eigenvalue weighted by atomic mass is 9.59. The predicted octanol–water partition coefficient (Wildman–Crippen LogP) is 8.03. The lowest BCUT2D eigenvalue weighted by Crippen LogP contribution is -2.53. The molecule has 7 rings (SSSR count). The van der Waals surface area contributed by atoms with Gasteiger partial charge in [-0.2, -0.15) is 0 Å². The highest BCUT2D eigenvalue weighted by molar-refractivity contribution is 6.30. The fourth-order valence-corrected chi connectivity index (χ4v) is 9.45. The molecule has 48 heavy (non-hydrogen) atoms. The van der Waals surface area contributed by atoms with Gasteiger partial charge in [-0.05, 0) is 122 Å². The van der Waals surface area contributed by atoms with Crippen molar-refractivity contribution in [1.82, 2.24) is 9.88 Å². The van der Waals surface area contributed by atoms with E-state index in [0.29, 0.717) is 42.2 Å². The van der Waals surface area contributed by atoms with E-state index in [1.807, 2.05) is 30.5 Å². The highest BCUT2D eigenvalue weighted by Crippen LogP contribution is 2.56. The molecule has 7 nitrogen and oxygen atoms in total. The van der Waals surface area contributed by atoms with Gasteiger partial charge in [0.15, 0.2) is 0 Å². The first-order valence-electron chi connectivity index (χ1n) is 18.0. The van der Waals surface area contributed by atoms with Crippen LogP contribution >= 0.6 is 11.6 Å². The number of aryl methyl sites for hydroxylation is 1. The molecule has 0 radical (unpaired) electrons. The number of aromatic nitrogens is 1. The summed E-state index contributed by atoms with van der Waals surface area (Å²) in [4.78, 5) is 20.1. The average Bonchev–Trinajstić information content (AvgIpc) is 3.36. The van der Waals surface area contributed by atoms with E-state index in [0.717, 1.165) is 76.4 Å². The van der Waals surface area contributed by atoms with Crippen molar-refractivity contribution in [3.63, 3.8) is 0 Å². The number of carboxylic acids is 1. The average molecular weight is 672 g/mol. The number of morpholine rings is 1. The molecule has 2 N–H and O–H groups in total. The summed E-state index contributed by atoms with van der Waals surface area (Å²) in [6.45, 7) is 9.70. The van der Waals surface area contributed by atoms with Crippen LogP contribution in [-0.4, -0.2) is 59.4 Å². The van der Waals surface area contributed by atoms with Crippen LogP contribution in [-0.2, 0) is 34.3 Å². The standard InChI is InChI=1S/C40H50ClN3O4/c1-27(26-48-36-11-16-42-35-8-3-5-28(2)37(35)36)21-31-23-30-10-9-29(25-44-17-19-47-20-18-44)22-34(30)39(31)12-14-40(15-13-39,38(45)46)43-33-7-4-6-32(41)24-33/h4,6-7,9-11,16,22,24,27-28,31,43H,3,5,8,12-15,17-21,23,25-26H2,1-2H3,(H,45,46)/t27-,28-,31?,39?,40?/m1/s1. The van der Waals surface area contributed by atoms with Crippen LogP contribution in [0.4, 0.5) is 5.69 Å². The first kappa shape index (κ1) is 33.4. The number of fused-ring (bicyclic) bond motifs is 3. The Morgan fingerprint density at radius 2 is 1.96 bits per heavy atom. The summed E-state index contributed by atoms with van der Waals surface area (Å²) < 4.78 is 12.2. The molecule has 0 bridgehead atoms. The Bertz CT molecular complexity index is 1610. The van der Waals surface area contributed by atoms with E-state index < -0.39 is 11.5 Å². The number of aliphatic carboxylic acids is 1. The van der Waals surface area contributed by atoms with Crippen molar-refractivity contribution in [1.29, 1.82) is 0 Å². The van der Waals surface area contributed by atoms with Gasteiger partial charge in [-0.3, -0.25) is 9.88 Å². The summed E-state index contributed by atoms with van der Waals surface area (Å²) in [5, 5.41) is 14.7. The van der Waals surface area contributed by atoms with E-state index >= 15 is 0 Å². The Morgan fingerprint density at radius 3 is 2.73 bits per heavy atom. The van der Waals surface area contributed by atoms with Gasteiger partial charge in [0.2, 0.25) is 0 Å². The maximum atomic E-state index is 13.0. The second-order valence-corrected chi connectivity index (χ2v) is 15.5. The monoisotopic (exact) mass is 671 g/mol. The summed E-state index contributed by atoms with van der Waals surface area (Å²) in [6, 6.07) is 16.6. The summed E-state index contributed by atoms with van der Waals surface area (Å²) >= 11 is 6.29. The van der Waals surface area contributed by atoms with Crippen LogP contribution in [0.5, 0.6) is 5.75 Å². The van der Waals surface area contributed by atoms with Crippen molar-refractivity contribution in [2.45, 2.75) is 95.1 Å². The molecule has 2 fully saturated rings. The zero-order valence-electron chi connectivity index (χ0n) is 28.5. The molecule has 1 aromatic heterocycles. The Balaban J connectivity index is 1.13. The topological polar surface area (TPSA) is 83.9 Å². The molecule has 256 valence electrons. The number of hydrogen-bond donors (Lipinski definition) is 2. The molecule has 4 aliphatic rings. The molecule has 3 aliphatic carbocycles. The van der Waals surface area contributed by atoms with E-state index in [9.17, 15) is 9.90 Å². The largest absolute Gasteiger partial charge is 0.493 e. The quantitative estimate of drug-likeness (QED) is 0.226. The number of anilines is 1. The van der Waals surface area contributed by atoms with E-state index in [1.165, 1.54) is 40.8 Å². The number of nitrogens with one attached hydrogen (secondary N) is 1. The van der Waals surface area contributed by atoms with Gasteiger partial charge in [0, 0.05) is 47.8 Å². The number of benzene rings is 2. The van der Waals surface area contributed by atoms with Gasteiger partial charge in [-0.1, -0.05) is 49.7 Å². The van der Waals surface area contributed by atoms with Gasteiger partial charge < -0.3 is 19.9 Å². The minimum Gasteiger partial charge on any atom is -0.493 e. The number of carboxylic acid groups (broad SMARTS) is 1. The molecule has 3 atom stereocenters. The Labute approximate surface area is 290 Å². The highest BCUT2D eigenvalue weighted by atomic mass is 35.5. The summed E-state index contributed by atoms with van der Waals surface area (Å²) in [6.07, 6.45) is 10.2. The molecule has 2 heterocycles. The lowest BCUT2D eigenvalue weighted by molar-refractivity contribution is -0.144. The third-order valence-corrected chi connectivity index (χ3v) is 12.1. The van der Waals surface area contributed by atoms with Gasteiger partial charge >= 0.3 is 5.97 Å². The fourth-order valence-electron chi connectivity index (χ4n) is 9.26. The van der Waals surface area contributed by atoms with Crippen LogP contribution in [0, 0.1) is 11.8 Å². The first-order chi connectivity index (χ1) is 23.2. The summed E-state index contributed by atoms with van der Waals surface area (Å²) in [5.41, 5.74) is 6.40. The number of pyridine rings is 1. The second kappa shape index (κ2) is 14.0. The van der Waals surface area contributed by atoms with Crippen molar-refractivity contribution in [3.05, 3.63) is 87.7 Å². The lowest BCUT2D eigenvalue weighted by Gasteiger charge is -2.47. The Morgan fingerprint density at radius 1 is 1.15 bits per heavy atom. The van der Waals surface area contributed by atoms with Crippen molar-refractivity contribution in [2.75, 3.05) is 38.2 Å². The van der Waals surface area contributed by atoms with Gasteiger partial charge in [-0.25, -0.2) is 4.79 Å². The van der Waals surface area contributed by atoms with Crippen LogP contribution in [0.15, 0.2) is 54.7 Å². The fraction of sp³-hybridized carbons (Fsp3) is 0.550. The molecule has 1 spiro atoms. The Hall–Kier alpha value is -3.13. The molecular weight excluding hydrogens is 622 g/mol. The van der Waals surface area contributed by atoms with Crippen molar-refractivity contribution in [2.24, 2.45) is 11.8 Å². The zero-order chi connectivity index (χ0) is 33.3. The second-order valence-electron chi connectivity index (χ2n) is 15.1. The van der Waals surface area contributed by atoms with Crippen LogP contribution in [0.25, 0.3) is 0 Å². The molecule has 1 saturated carbocycles. The number of rotatable bonds is 10. The molecule has 1 saturated heterocycles. The molecule has 0 amide bonds. The predicted molar refractivity (Wildman–Crippen MR) is 190 cm³/mol. The van der Waals surface area contributed by atoms with E-state index in [4.69, 9.17) is 21.1 Å². The molecule has 8 heteroatoms. The van der Waals surface area contributed by atoms with Crippen molar-refractivity contribution >= 4 is 23.3 Å². The molecule has 1 aliphatic heterocycles. The normalized spacial score (nSPS) is 27.6. The first-order valence-corrected chi connectivity index (χ1v) is 18.4. The van der Waals surface area contributed by atoms with Crippen LogP contribution in [0.1, 0.15) is 92.7 Å². The van der Waals surface area contributed by atoms with Gasteiger partial charge in [-0.15, -0.1) is 0 Å². The van der Waals surface area contributed by atoms with E-state index in [-0.39, 0.29) is 5.41 Å². The number of carbonyl (C=O) groups is 1. The number of ether oxygens (including phenoxy) is 2. The van der Waals surface area contributed by atoms with Gasteiger partial charge in [0.05, 0.1) is 19.8 Å². The van der Waals surface area contributed by atoms with E-state index in [2.05, 4.69) is 53.3 Å². The van der Waals surface area contributed by atoms with Crippen LogP contribution in [0.2, 0.25) is 5.02 Å². The number of halogens is 1. The van der Waals surface area contributed by atoms with Crippen LogP contribution in [0.3, 0.4) is 0 Å². The highest BCUT2D eigenvalue weighted by Gasteiger charge is 2.54. The van der Waals surface area contributed by atoms with E-state index in [1.54, 1.807) is 0 Å². The number of nitrogens with zero attached hydrogens (tertiary/aromatic N) is 2. The minimum atomic E-state index is -1.03. The van der Waals surface area contributed by atoms with Crippen LogP contribution < -0.4 is 10.1 Å². The molecular formula is C40H50ClN3O4. The number of hydrogen-bond acceptors (Lipinski definition) is 6. The SMILES string of the molecule is C[C@@H](COc1ccnc2c1[C@H](C)CCC2)CC1Cc2ccc(CN3CCOCC3)cc2C12CCC(Nc1cccc(Cl)c1)(C(=O)O)CC2. The molecule has 3 aromatic rings. The molecule has 1 unspecified atom stereocenters. The third-order valence-electron chi connectivity index (χ3n) is 11.9. The summed E-state index contributed by atoms with van der Waals surface area (Å²) in [7, 11) is 0.